The Morgan fingerprint density at radius 3 is 3.17 bits per heavy atom. The molecule has 88 valence electrons. The minimum Gasteiger partial charge on any atom is -0.402 e. The first-order chi connectivity index (χ1) is 8.69. The first kappa shape index (κ1) is 12.6. The van der Waals surface area contributed by atoms with Crippen molar-refractivity contribution in [2.45, 2.75) is 6.42 Å². The van der Waals surface area contributed by atoms with Crippen LogP contribution in [0.4, 0.5) is 0 Å². The number of hydrogen-bond acceptors (Lipinski definition) is 4. The molecule has 3 nitrogen and oxygen atoms in total. The summed E-state index contributed by atoms with van der Waals surface area (Å²) in [5.74, 6) is 0. The van der Waals surface area contributed by atoms with E-state index in [1.807, 2.05) is 18.2 Å². The lowest BCUT2D eigenvalue weighted by molar-refractivity contribution is 1.09. The van der Waals surface area contributed by atoms with Gasteiger partial charge in [0.15, 0.2) is 0 Å². The molecule has 0 aliphatic rings. The second kappa shape index (κ2) is 5.64. The van der Waals surface area contributed by atoms with E-state index >= 15 is 0 Å². The molecule has 0 aliphatic carbocycles. The third-order valence-corrected chi connectivity index (χ3v) is 3.33. The molecule has 18 heavy (non-hydrogen) atoms. The maximum absolute atomic E-state index is 5.89. The van der Waals surface area contributed by atoms with Gasteiger partial charge in [-0.15, -0.1) is 11.3 Å². The van der Waals surface area contributed by atoms with Crippen LogP contribution < -0.4 is 11.2 Å². The van der Waals surface area contributed by atoms with Crippen LogP contribution in [0.25, 0.3) is 10.2 Å². The van der Waals surface area contributed by atoms with E-state index in [-0.39, 0.29) is 0 Å². The highest BCUT2D eigenvalue weighted by Gasteiger charge is 2.04. The van der Waals surface area contributed by atoms with Crippen molar-refractivity contribution in [1.29, 1.82) is 0 Å². The third kappa shape index (κ3) is 3.08. The van der Waals surface area contributed by atoms with Crippen molar-refractivity contribution in [3.8, 4) is 0 Å². The molecule has 0 atom stereocenters. The molecule has 2 rings (SSSR count). The van der Waals surface area contributed by atoms with Crippen molar-refractivity contribution >= 4 is 41.6 Å². The Bertz CT molecular complexity index is 628. The Balaban J connectivity index is 2.19. The number of nitrogens with two attached hydrogens (primary N) is 1. The zero-order valence-corrected chi connectivity index (χ0v) is 10.7. The molecule has 0 fully saturated rings. The van der Waals surface area contributed by atoms with Gasteiger partial charge in [-0.2, -0.15) is 0 Å². The van der Waals surface area contributed by atoms with Crippen LogP contribution in [0.5, 0.6) is 0 Å². The smallest absolute Gasteiger partial charge is 0.113 e. The first-order valence-corrected chi connectivity index (χ1v) is 6.22. The van der Waals surface area contributed by atoms with E-state index in [2.05, 4.69) is 16.7 Å². The fourth-order valence-corrected chi connectivity index (χ4v) is 2.58. The van der Waals surface area contributed by atoms with Gasteiger partial charge in [0, 0.05) is 18.3 Å². The van der Waals surface area contributed by atoms with E-state index in [4.69, 9.17) is 13.6 Å². The number of aromatic nitrogens is 1. The Kier molecular flexibility index (Phi) is 3.94. The summed E-state index contributed by atoms with van der Waals surface area (Å²) in [6.07, 6.45) is 5.77. The maximum Gasteiger partial charge on any atom is 0.113 e. The van der Waals surface area contributed by atoms with Crippen molar-refractivity contribution in [1.82, 2.24) is 4.98 Å². The maximum atomic E-state index is 5.89. The van der Waals surface area contributed by atoms with Gasteiger partial charge in [0.1, 0.15) is 7.85 Å². The topological polar surface area (TPSA) is 51.3 Å². The largest absolute Gasteiger partial charge is 0.402 e. The van der Waals surface area contributed by atoms with Crippen molar-refractivity contribution < 1.29 is 0 Å². The second-order valence-electron chi connectivity index (χ2n) is 3.78. The Hall–Kier alpha value is -1.88. The fourth-order valence-electron chi connectivity index (χ4n) is 1.53. The number of fused-ring (bicyclic) bond motifs is 1. The van der Waals surface area contributed by atoms with Gasteiger partial charge in [-0.1, -0.05) is 11.5 Å². The first-order valence-electron chi connectivity index (χ1n) is 5.41. The van der Waals surface area contributed by atoms with E-state index in [0.29, 0.717) is 6.42 Å². The van der Waals surface area contributed by atoms with Gasteiger partial charge < -0.3 is 5.73 Å². The summed E-state index contributed by atoms with van der Waals surface area (Å²) < 4.78 is 1.08. The second-order valence-corrected chi connectivity index (χ2v) is 4.89. The number of benzene rings is 1. The highest BCUT2D eigenvalue weighted by molar-refractivity contribution is 7.18. The summed E-state index contributed by atoms with van der Waals surface area (Å²) in [6, 6.07) is 5.70. The minimum atomic E-state index is 0.626. The molecule has 0 unspecified atom stereocenters. The zero-order chi connectivity index (χ0) is 13.0. The molecule has 0 amide bonds. The van der Waals surface area contributed by atoms with Crippen molar-refractivity contribution in [2.75, 3.05) is 0 Å². The minimum absolute atomic E-state index is 0.626. The Labute approximate surface area is 111 Å². The number of rotatable bonds is 4. The average Bonchev–Trinajstić information content (AvgIpc) is 2.70. The standard InChI is InChI=1S/C13H12BN3S/c1-16-6-2-3-10(15)8-13-17-11-5-4-9(14)7-12(11)18-13/h2-7H,1,8,15H2/b6-2-,10-3-. The summed E-state index contributed by atoms with van der Waals surface area (Å²) in [6.45, 7) is 3.35. The number of hydrogen-bond donors (Lipinski definition) is 1. The lowest BCUT2D eigenvalue weighted by atomic mass is 9.97. The Morgan fingerprint density at radius 1 is 1.56 bits per heavy atom. The monoisotopic (exact) mass is 253 g/mol. The SMILES string of the molecule is [B]c1ccc2nc(C/C(N)=C/C=C\N=C)sc2c1. The van der Waals surface area contributed by atoms with Crippen LogP contribution in [0.15, 0.2) is 47.2 Å². The van der Waals surface area contributed by atoms with Gasteiger partial charge in [-0.05, 0) is 31.0 Å². The predicted octanol–water partition coefficient (Wildman–Crippen LogP) is 1.69. The van der Waals surface area contributed by atoms with E-state index < -0.39 is 0 Å². The molecule has 2 radical (unpaired) electrons. The molecule has 5 heteroatoms. The normalized spacial score (nSPS) is 12.3. The molecule has 1 aromatic heterocycles. The lowest BCUT2D eigenvalue weighted by Gasteiger charge is -1.94. The van der Waals surface area contributed by atoms with Crippen LogP contribution in [-0.4, -0.2) is 19.5 Å². The molecular weight excluding hydrogens is 241 g/mol. The van der Waals surface area contributed by atoms with Crippen LogP contribution in [0.2, 0.25) is 0 Å². The van der Waals surface area contributed by atoms with Crippen LogP contribution in [0.1, 0.15) is 5.01 Å². The Morgan fingerprint density at radius 2 is 2.39 bits per heavy atom. The van der Waals surface area contributed by atoms with Crippen molar-refractivity contribution in [3.05, 3.63) is 47.3 Å². The lowest BCUT2D eigenvalue weighted by Crippen LogP contribution is -2.00. The number of aliphatic imine (C=N–C) groups is 1. The molecule has 0 saturated carbocycles. The quantitative estimate of drug-likeness (QED) is 0.512. The highest BCUT2D eigenvalue weighted by Crippen LogP contribution is 2.21. The van der Waals surface area contributed by atoms with E-state index in [1.165, 1.54) is 0 Å². The van der Waals surface area contributed by atoms with Gasteiger partial charge in [0.05, 0.1) is 15.2 Å². The van der Waals surface area contributed by atoms with Gasteiger partial charge in [-0.3, -0.25) is 4.99 Å². The van der Waals surface area contributed by atoms with Gasteiger partial charge >= 0.3 is 0 Å². The fraction of sp³-hybridized carbons (Fsp3) is 0.0769. The number of nitrogens with zero attached hydrogens (tertiary/aromatic N) is 2. The average molecular weight is 253 g/mol. The molecular formula is C13H12BN3S. The van der Waals surface area contributed by atoms with Crippen molar-refractivity contribution in [2.24, 2.45) is 10.7 Å². The molecule has 1 aromatic carbocycles. The molecule has 0 spiro atoms. The number of allylic oxidation sites excluding steroid dienone is 3. The summed E-state index contributed by atoms with van der Waals surface area (Å²) in [5.41, 5.74) is 8.34. The van der Waals surface area contributed by atoms with Crippen molar-refractivity contribution in [3.63, 3.8) is 0 Å². The molecule has 2 aromatic rings. The molecule has 1 heterocycles. The van der Waals surface area contributed by atoms with Crippen LogP contribution >= 0.6 is 11.3 Å². The van der Waals surface area contributed by atoms with E-state index in [1.54, 1.807) is 29.7 Å². The van der Waals surface area contributed by atoms with Gasteiger partial charge in [0.2, 0.25) is 0 Å². The molecule has 0 saturated heterocycles. The van der Waals surface area contributed by atoms with Crippen LogP contribution in [0.3, 0.4) is 0 Å². The van der Waals surface area contributed by atoms with Crippen LogP contribution in [-0.2, 0) is 6.42 Å². The summed E-state index contributed by atoms with van der Waals surface area (Å²) in [7, 11) is 5.73. The molecule has 0 aliphatic heterocycles. The summed E-state index contributed by atoms with van der Waals surface area (Å²) >= 11 is 1.61. The molecule has 2 N–H and O–H groups in total. The highest BCUT2D eigenvalue weighted by atomic mass is 32.1. The van der Waals surface area contributed by atoms with E-state index in [0.717, 1.165) is 26.4 Å². The van der Waals surface area contributed by atoms with Gasteiger partial charge in [-0.25, -0.2) is 4.98 Å². The molecule has 0 bridgehead atoms. The van der Waals surface area contributed by atoms with Crippen LogP contribution in [0, 0.1) is 0 Å². The summed E-state index contributed by atoms with van der Waals surface area (Å²) in [4.78, 5) is 8.11. The zero-order valence-electron chi connectivity index (χ0n) is 9.84. The van der Waals surface area contributed by atoms with E-state index in [9.17, 15) is 0 Å². The number of thiazole rings is 1. The van der Waals surface area contributed by atoms with Gasteiger partial charge in [0.25, 0.3) is 0 Å². The third-order valence-electron chi connectivity index (χ3n) is 2.31. The predicted molar refractivity (Wildman–Crippen MR) is 79.7 cm³/mol. The summed E-state index contributed by atoms with van der Waals surface area (Å²) in [5, 5.41) is 0.976.